The van der Waals surface area contributed by atoms with Crippen molar-refractivity contribution in [1.29, 1.82) is 0 Å². The van der Waals surface area contributed by atoms with Crippen LogP contribution in [0.5, 0.6) is 0 Å². The van der Waals surface area contributed by atoms with Crippen molar-refractivity contribution in [3.63, 3.8) is 0 Å². The Kier molecular flexibility index (Phi) is 5.83. The number of carbonyl (C=O) groups excluding carboxylic acids is 1. The maximum absolute atomic E-state index is 12.3. The molecule has 0 bridgehead atoms. The molecule has 0 unspecified atom stereocenters. The van der Waals surface area contributed by atoms with Crippen molar-refractivity contribution in [1.82, 2.24) is 24.6 Å². The second kappa shape index (κ2) is 8.95. The Bertz CT molecular complexity index is 1410. The van der Waals surface area contributed by atoms with Gasteiger partial charge in [-0.2, -0.15) is 0 Å². The molecule has 1 fully saturated rings. The molecule has 4 aromatic rings. The summed E-state index contributed by atoms with van der Waals surface area (Å²) in [6, 6.07) is 11.9. The first-order valence-electron chi connectivity index (χ1n) is 11.8. The first-order valence-corrected chi connectivity index (χ1v) is 11.8. The van der Waals surface area contributed by atoms with Gasteiger partial charge in [-0.15, -0.1) is 0 Å². The maximum atomic E-state index is 12.3. The van der Waals surface area contributed by atoms with E-state index in [9.17, 15) is 9.59 Å². The van der Waals surface area contributed by atoms with Crippen LogP contribution in [-0.4, -0.2) is 57.4 Å². The normalized spacial score (nSPS) is 14.9. The Morgan fingerprint density at radius 3 is 2.68 bits per heavy atom. The standard InChI is InChI=1S/C26H30N6O2/c1-17(2)28-25(33)20-6-7-22(18(3)13-20)31-11-9-30(10-12-31)16-19-14-21-24(27-15-19)23-5-4-8-32(23)26(34)29-21/h4-8,13-15,17H,9-12,16H2,1-3H3,(H,28,33)(H,29,34). The van der Waals surface area contributed by atoms with Crippen LogP contribution in [0, 0.1) is 6.92 Å². The molecule has 0 spiro atoms. The largest absolute Gasteiger partial charge is 0.369 e. The van der Waals surface area contributed by atoms with Crippen LogP contribution in [0.25, 0.3) is 16.6 Å². The number of benzene rings is 1. The molecule has 1 aromatic carbocycles. The summed E-state index contributed by atoms with van der Waals surface area (Å²) in [6.07, 6.45) is 3.66. The molecule has 8 heteroatoms. The molecule has 0 radical (unpaired) electrons. The molecule has 1 amide bonds. The van der Waals surface area contributed by atoms with Crippen molar-refractivity contribution in [3.05, 3.63) is 76.0 Å². The lowest BCUT2D eigenvalue weighted by atomic mass is 10.1. The Morgan fingerprint density at radius 1 is 1.15 bits per heavy atom. The van der Waals surface area contributed by atoms with Gasteiger partial charge in [0.2, 0.25) is 0 Å². The van der Waals surface area contributed by atoms with E-state index in [1.54, 1.807) is 10.6 Å². The molecule has 8 nitrogen and oxygen atoms in total. The van der Waals surface area contributed by atoms with Crippen LogP contribution >= 0.6 is 0 Å². The minimum atomic E-state index is -0.150. The number of piperazine rings is 1. The summed E-state index contributed by atoms with van der Waals surface area (Å²) in [5, 5.41) is 2.95. The average molecular weight is 459 g/mol. The lowest BCUT2D eigenvalue weighted by Gasteiger charge is -2.37. The Labute approximate surface area is 198 Å². The monoisotopic (exact) mass is 458 g/mol. The second-order valence-corrected chi connectivity index (χ2v) is 9.33. The zero-order valence-corrected chi connectivity index (χ0v) is 19.8. The number of anilines is 1. The smallest absolute Gasteiger partial charge is 0.330 e. The molecule has 34 heavy (non-hydrogen) atoms. The lowest BCUT2D eigenvalue weighted by Crippen LogP contribution is -2.46. The minimum absolute atomic E-state index is 0.0301. The Morgan fingerprint density at radius 2 is 1.94 bits per heavy atom. The molecule has 5 rings (SSSR count). The molecule has 1 aliphatic rings. The van der Waals surface area contributed by atoms with E-state index in [2.05, 4.69) is 38.1 Å². The topological polar surface area (TPSA) is 85.7 Å². The molecule has 2 N–H and O–H groups in total. The third-order valence-electron chi connectivity index (χ3n) is 6.39. The van der Waals surface area contributed by atoms with Crippen LogP contribution in [0.4, 0.5) is 5.69 Å². The third kappa shape index (κ3) is 4.28. The summed E-state index contributed by atoms with van der Waals surface area (Å²) in [7, 11) is 0. The van der Waals surface area contributed by atoms with Crippen molar-refractivity contribution < 1.29 is 4.79 Å². The quantitative estimate of drug-likeness (QED) is 0.480. The number of hydrogen-bond acceptors (Lipinski definition) is 5. The van der Waals surface area contributed by atoms with E-state index < -0.39 is 0 Å². The fourth-order valence-electron chi connectivity index (χ4n) is 4.72. The summed E-state index contributed by atoms with van der Waals surface area (Å²) in [5.41, 5.74) is 6.33. The van der Waals surface area contributed by atoms with E-state index in [1.165, 1.54) is 5.69 Å². The van der Waals surface area contributed by atoms with Gasteiger partial charge in [-0.25, -0.2) is 4.79 Å². The van der Waals surface area contributed by atoms with Crippen molar-refractivity contribution in [2.24, 2.45) is 0 Å². The van der Waals surface area contributed by atoms with Crippen molar-refractivity contribution >= 4 is 28.1 Å². The summed E-state index contributed by atoms with van der Waals surface area (Å²) >= 11 is 0. The number of rotatable bonds is 5. The van der Waals surface area contributed by atoms with E-state index in [0.29, 0.717) is 5.56 Å². The summed E-state index contributed by atoms with van der Waals surface area (Å²) in [6.45, 7) is 10.5. The van der Waals surface area contributed by atoms with Crippen molar-refractivity contribution in [2.75, 3.05) is 31.1 Å². The Hall–Kier alpha value is -3.65. The van der Waals surface area contributed by atoms with E-state index in [1.807, 2.05) is 50.4 Å². The van der Waals surface area contributed by atoms with Gasteiger partial charge in [-0.3, -0.25) is 19.1 Å². The zero-order chi connectivity index (χ0) is 23.8. The van der Waals surface area contributed by atoms with Crippen LogP contribution in [0.15, 0.2) is 53.6 Å². The van der Waals surface area contributed by atoms with Gasteiger partial charge >= 0.3 is 5.69 Å². The predicted octanol–water partition coefficient (Wildman–Crippen LogP) is 2.94. The number of nitrogens with one attached hydrogen (secondary N) is 2. The SMILES string of the molecule is Cc1cc(C(=O)NC(C)C)ccc1N1CCN(Cc2cnc3c(c2)[nH]c(=O)n2cccc32)CC1. The number of aryl methyl sites for hydroxylation is 1. The number of H-pyrrole nitrogens is 1. The van der Waals surface area contributed by atoms with Gasteiger partial charge in [0, 0.05) is 62.4 Å². The summed E-state index contributed by atoms with van der Waals surface area (Å²) in [5.74, 6) is -0.0301. The van der Waals surface area contributed by atoms with E-state index in [-0.39, 0.29) is 17.6 Å². The number of aromatic nitrogens is 3. The van der Waals surface area contributed by atoms with Crippen molar-refractivity contribution in [3.8, 4) is 0 Å². The first kappa shape index (κ1) is 22.2. The maximum Gasteiger partial charge on any atom is 0.330 e. The molecular formula is C26H30N6O2. The van der Waals surface area contributed by atoms with Gasteiger partial charge < -0.3 is 15.2 Å². The first-order chi connectivity index (χ1) is 16.4. The number of amides is 1. The molecule has 1 saturated heterocycles. The number of carbonyl (C=O) groups is 1. The molecule has 0 atom stereocenters. The molecule has 4 heterocycles. The number of pyridine rings is 1. The number of nitrogens with zero attached hydrogens (tertiary/aromatic N) is 4. The van der Waals surface area contributed by atoms with Crippen LogP contribution in [-0.2, 0) is 6.54 Å². The third-order valence-corrected chi connectivity index (χ3v) is 6.39. The number of hydrogen-bond donors (Lipinski definition) is 2. The highest BCUT2D eigenvalue weighted by Gasteiger charge is 2.20. The van der Waals surface area contributed by atoms with Gasteiger partial charge in [-0.05, 0) is 68.3 Å². The van der Waals surface area contributed by atoms with Crippen LogP contribution in [0.2, 0.25) is 0 Å². The molecule has 1 aliphatic heterocycles. The van der Waals surface area contributed by atoms with E-state index in [4.69, 9.17) is 0 Å². The fourth-order valence-corrected chi connectivity index (χ4v) is 4.72. The van der Waals surface area contributed by atoms with Gasteiger partial charge in [-0.1, -0.05) is 0 Å². The highest BCUT2D eigenvalue weighted by Crippen LogP contribution is 2.24. The fraction of sp³-hybridized carbons (Fsp3) is 0.346. The van der Waals surface area contributed by atoms with E-state index in [0.717, 1.165) is 60.4 Å². The van der Waals surface area contributed by atoms with Crippen molar-refractivity contribution in [2.45, 2.75) is 33.4 Å². The second-order valence-electron chi connectivity index (χ2n) is 9.33. The number of aromatic amines is 1. The molecular weight excluding hydrogens is 428 g/mol. The minimum Gasteiger partial charge on any atom is -0.369 e. The molecule has 3 aromatic heterocycles. The number of fused-ring (bicyclic) bond motifs is 3. The van der Waals surface area contributed by atoms with E-state index >= 15 is 0 Å². The Balaban J connectivity index is 1.25. The summed E-state index contributed by atoms with van der Waals surface area (Å²) < 4.78 is 1.58. The predicted molar refractivity (Wildman–Crippen MR) is 135 cm³/mol. The highest BCUT2D eigenvalue weighted by atomic mass is 16.2. The molecule has 176 valence electrons. The molecule has 0 saturated carbocycles. The van der Waals surface area contributed by atoms with Gasteiger partial charge in [0.1, 0.15) is 5.52 Å². The van der Waals surface area contributed by atoms with Crippen LogP contribution < -0.4 is 15.9 Å². The van der Waals surface area contributed by atoms with Gasteiger partial charge in [0.15, 0.2) is 0 Å². The van der Waals surface area contributed by atoms with Gasteiger partial charge in [0.05, 0.1) is 11.0 Å². The van der Waals surface area contributed by atoms with Crippen LogP contribution in [0.1, 0.15) is 35.3 Å². The zero-order valence-electron chi connectivity index (χ0n) is 19.8. The average Bonchev–Trinajstić information content (AvgIpc) is 3.30. The van der Waals surface area contributed by atoms with Gasteiger partial charge in [0.25, 0.3) is 5.91 Å². The summed E-state index contributed by atoms with van der Waals surface area (Å²) in [4.78, 5) is 37.0. The molecule has 0 aliphatic carbocycles. The lowest BCUT2D eigenvalue weighted by molar-refractivity contribution is 0.0943. The highest BCUT2D eigenvalue weighted by molar-refractivity contribution is 5.95. The van der Waals surface area contributed by atoms with Crippen LogP contribution in [0.3, 0.4) is 0 Å².